The van der Waals surface area contributed by atoms with Crippen molar-refractivity contribution in [1.82, 2.24) is 20.7 Å². The lowest BCUT2D eigenvalue weighted by molar-refractivity contribution is -0.126. The van der Waals surface area contributed by atoms with E-state index in [1.54, 1.807) is 7.05 Å². The van der Waals surface area contributed by atoms with Gasteiger partial charge in [0.1, 0.15) is 6.54 Å². The lowest BCUT2D eigenvalue weighted by Crippen LogP contribution is -2.41. The van der Waals surface area contributed by atoms with Crippen molar-refractivity contribution >= 4 is 35.1 Å². The van der Waals surface area contributed by atoms with E-state index in [1.807, 2.05) is 6.07 Å². The van der Waals surface area contributed by atoms with Gasteiger partial charge in [-0.05, 0) is 43.2 Å². The number of hydrazine groups is 1. The van der Waals surface area contributed by atoms with E-state index < -0.39 is 0 Å². The van der Waals surface area contributed by atoms with E-state index in [4.69, 9.17) is 0 Å². The number of hydrogen-bond acceptors (Lipinski definition) is 5. The predicted molar refractivity (Wildman–Crippen MR) is 100 cm³/mol. The Bertz CT molecular complexity index is 775. The van der Waals surface area contributed by atoms with Crippen LogP contribution in [-0.2, 0) is 22.4 Å². The van der Waals surface area contributed by atoms with Gasteiger partial charge in [0, 0.05) is 24.9 Å². The highest BCUT2D eigenvalue weighted by atomic mass is 32.1. The topological polar surface area (TPSA) is 98.8 Å². The van der Waals surface area contributed by atoms with Gasteiger partial charge < -0.3 is 4.90 Å². The highest BCUT2D eigenvalue weighted by Gasteiger charge is 2.32. The van der Waals surface area contributed by atoms with E-state index in [9.17, 15) is 19.2 Å². The highest BCUT2D eigenvalue weighted by molar-refractivity contribution is 7.14. The molecule has 2 N–H and O–H groups in total. The van der Waals surface area contributed by atoms with Crippen LogP contribution in [0.4, 0.5) is 4.79 Å². The van der Waals surface area contributed by atoms with Gasteiger partial charge in [-0.2, -0.15) is 0 Å². The zero-order valence-corrected chi connectivity index (χ0v) is 16.4. The summed E-state index contributed by atoms with van der Waals surface area (Å²) < 4.78 is 0. The van der Waals surface area contributed by atoms with Crippen molar-refractivity contribution in [3.8, 4) is 0 Å². The zero-order valence-electron chi connectivity index (χ0n) is 15.5. The molecule has 8 nitrogen and oxygen atoms in total. The maximum atomic E-state index is 12.2. The lowest BCUT2D eigenvalue weighted by Gasteiger charge is -2.16. The van der Waals surface area contributed by atoms with Crippen molar-refractivity contribution in [3.63, 3.8) is 0 Å². The number of rotatable bonds is 5. The summed E-state index contributed by atoms with van der Waals surface area (Å²) in [6.07, 6.45) is 3.60. The monoisotopic (exact) mass is 392 g/mol. The molecule has 1 fully saturated rings. The van der Waals surface area contributed by atoms with Gasteiger partial charge in [-0.1, -0.05) is 6.92 Å². The van der Waals surface area contributed by atoms with Crippen LogP contribution in [0.25, 0.3) is 0 Å². The zero-order chi connectivity index (χ0) is 19.6. The number of thiophene rings is 1. The number of nitrogens with one attached hydrogen (secondary N) is 2. The number of imide groups is 1. The van der Waals surface area contributed by atoms with Gasteiger partial charge in [0.05, 0.1) is 4.88 Å². The van der Waals surface area contributed by atoms with Gasteiger partial charge in [0.15, 0.2) is 0 Å². The highest BCUT2D eigenvalue weighted by Crippen LogP contribution is 2.32. The van der Waals surface area contributed by atoms with Crippen LogP contribution in [0.2, 0.25) is 0 Å². The largest absolute Gasteiger partial charge is 0.326 e. The molecule has 0 saturated carbocycles. The number of nitrogens with zero attached hydrogens (tertiary/aromatic N) is 2. The molecule has 0 bridgehead atoms. The summed E-state index contributed by atoms with van der Waals surface area (Å²) in [6.45, 7) is 2.48. The molecular weight excluding hydrogens is 368 g/mol. The summed E-state index contributed by atoms with van der Waals surface area (Å²) in [5.74, 6) is -0.295. The summed E-state index contributed by atoms with van der Waals surface area (Å²) in [6, 6.07) is 1.57. The molecule has 1 aliphatic heterocycles. The summed E-state index contributed by atoms with van der Waals surface area (Å²) in [4.78, 5) is 51.9. The maximum absolute atomic E-state index is 12.2. The van der Waals surface area contributed by atoms with E-state index in [1.165, 1.54) is 26.7 Å². The molecule has 2 aliphatic rings. The first kappa shape index (κ1) is 19.3. The Morgan fingerprint density at radius 1 is 1.30 bits per heavy atom. The summed E-state index contributed by atoms with van der Waals surface area (Å²) in [5, 5.41) is 0. The number of amides is 5. The van der Waals surface area contributed by atoms with Crippen LogP contribution in [-0.4, -0.2) is 53.7 Å². The van der Waals surface area contributed by atoms with Crippen LogP contribution >= 0.6 is 11.3 Å². The third-order valence-electron chi connectivity index (χ3n) is 4.88. The first-order chi connectivity index (χ1) is 12.8. The minimum atomic E-state index is -0.356. The third-order valence-corrected chi connectivity index (χ3v) is 6.12. The van der Waals surface area contributed by atoms with Gasteiger partial charge in [-0.25, -0.2) is 4.79 Å². The fourth-order valence-electron chi connectivity index (χ4n) is 3.35. The van der Waals surface area contributed by atoms with Crippen LogP contribution in [0.3, 0.4) is 0 Å². The number of aryl methyl sites for hydroxylation is 1. The minimum absolute atomic E-state index is 0.0741. The van der Waals surface area contributed by atoms with E-state index in [2.05, 4.69) is 17.8 Å². The van der Waals surface area contributed by atoms with E-state index in [0.29, 0.717) is 17.2 Å². The molecule has 2 heterocycles. The number of carbonyl (C=O) groups is 4. The minimum Gasteiger partial charge on any atom is -0.318 e. The van der Waals surface area contributed by atoms with Crippen molar-refractivity contribution in [2.24, 2.45) is 5.92 Å². The molecule has 1 atom stereocenters. The van der Waals surface area contributed by atoms with Crippen LogP contribution in [0.1, 0.15) is 46.3 Å². The molecule has 1 aliphatic carbocycles. The van der Waals surface area contributed by atoms with Gasteiger partial charge in [-0.15, -0.1) is 11.3 Å². The normalized spacial score (nSPS) is 19.3. The molecule has 9 heteroatoms. The first-order valence-electron chi connectivity index (χ1n) is 9.11. The predicted octanol–water partition coefficient (Wildman–Crippen LogP) is 1.31. The van der Waals surface area contributed by atoms with E-state index >= 15 is 0 Å². The number of urea groups is 1. The van der Waals surface area contributed by atoms with Crippen molar-refractivity contribution in [2.75, 3.05) is 20.1 Å². The Hall–Kier alpha value is -2.42. The fourth-order valence-corrected chi connectivity index (χ4v) is 4.46. The van der Waals surface area contributed by atoms with E-state index in [-0.39, 0.29) is 43.3 Å². The molecule has 1 aromatic rings. The number of hydrogen-bond donors (Lipinski definition) is 2. The van der Waals surface area contributed by atoms with Crippen LogP contribution in [0, 0.1) is 5.92 Å². The smallest absolute Gasteiger partial charge is 0.318 e. The Kier molecular flexibility index (Phi) is 5.79. The quantitative estimate of drug-likeness (QED) is 0.583. The maximum Gasteiger partial charge on any atom is 0.326 e. The molecule has 146 valence electrons. The second-order valence-corrected chi connectivity index (χ2v) is 8.33. The molecule has 0 aromatic carbocycles. The molecule has 1 aromatic heterocycles. The Balaban J connectivity index is 1.41. The molecule has 0 radical (unpaired) electrons. The van der Waals surface area contributed by atoms with Gasteiger partial charge in [0.2, 0.25) is 11.8 Å². The first-order valence-corrected chi connectivity index (χ1v) is 9.93. The fraction of sp³-hybridized carbons (Fsp3) is 0.556. The average Bonchev–Trinajstić information content (AvgIpc) is 3.15. The molecule has 3 rings (SSSR count). The Morgan fingerprint density at radius 3 is 2.78 bits per heavy atom. The van der Waals surface area contributed by atoms with Crippen molar-refractivity contribution < 1.29 is 19.2 Å². The summed E-state index contributed by atoms with van der Waals surface area (Å²) in [5.41, 5.74) is 6.07. The lowest BCUT2D eigenvalue weighted by atomic mass is 9.90. The van der Waals surface area contributed by atoms with Crippen LogP contribution < -0.4 is 10.9 Å². The SMILES string of the molecule is C[C@@H]1CCc2sc(C(=O)NNC(=O)CCCN3C(=O)CN(C)C3=O)cc2C1. The van der Waals surface area contributed by atoms with Crippen molar-refractivity contribution in [2.45, 2.75) is 39.0 Å². The second-order valence-electron chi connectivity index (χ2n) is 7.20. The number of carbonyl (C=O) groups excluding carboxylic acids is 4. The van der Waals surface area contributed by atoms with Crippen LogP contribution in [0.5, 0.6) is 0 Å². The summed E-state index contributed by atoms with van der Waals surface area (Å²) in [7, 11) is 1.56. The second kappa shape index (κ2) is 8.08. The van der Waals surface area contributed by atoms with E-state index in [0.717, 1.165) is 24.2 Å². The van der Waals surface area contributed by atoms with Crippen molar-refractivity contribution in [1.29, 1.82) is 0 Å². The standard InChI is InChI=1S/C18H24N4O4S/c1-11-5-6-13-12(8-11)9-14(27-13)17(25)20-19-15(23)4-3-7-22-16(24)10-21(2)18(22)26/h9,11H,3-8,10H2,1-2H3,(H,19,23)(H,20,25)/t11-/m1/s1. The number of likely N-dealkylation sites (N-methyl/N-ethyl adjacent to an activating group) is 1. The Labute approximate surface area is 161 Å². The van der Waals surface area contributed by atoms with Gasteiger partial charge in [0.25, 0.3) is 5.91 Å². The van der Waals surface area contributed by atoms with Crippen molar-refractivity contribution in [3.05, 3.63) is 21.4 Å². The van der Waals surface area contributed by atoms with Gasteiger partial charge in [-0.3, -0.25) is 30.1 Å². The molecule has 27 heavy (non-hydrogen) atoms. The molecule has 5 amide bonds. The Morgan fingerprint density at radius 2 is 2.07 bits per heavy atom. The van der Waals surface area contributed by atoms with Crippen LogP contribution in [0.15, 0.2) is 6.07 Å². The molecule has 0 unspecified atom stereocenters. The molecule has 1 saturated heterocycles. The number of fused-ring (bicyclic) bond motifs is 1. The third kappa shape index (κ3) is 4.47. The summed E-state index contributed by atoms with van der Waals surface area (Å²) >= 11 is 1.48. The molecule has 0 spiro atoms. The average molecular weight is 392 g/mol. The molecular formula is C18H24N4O4S. The van der Waals surface area contributed by atoms with Gasteiger partial charge >= 0.3 is 6.03 Å².